The van der Waals surface area contributed by atoms with Crippen LogP contribution >= 0.6 is 0 Å². The number of carbonyl (C=O) groups is 3. The van der Waals surface area contributed by atoms with Gasteiger partial charge in [-0.05, 0) is 12.8 Å². The predicted molar refractivity (Wildman–Crippen MR) is 55.9 cm³/mol. The second kappa shape index (κ2) is 8.46. The molecule has 0 bridgehead atoms. The SMILES string of the molecule is O=C(O)C=CC(=O)NCCCCCC(=O)O. The van der Waals surface area contributed by atoms with Gasteiger partial charge in [0, 0.05) is 25.1 Å². The fourth-order valence-corrected chi connectivity index (χ4v) is 0.995. The molecule has 0 fully saturated rings. The molecular weight excluding hydrogens is 214 g/mol. The van der Waals surface area contributed by atoms with Gasteiger partial charge in [0.05, 0.1) is 0 Å². The van der Waals surface area contributed by atoms with Gasteiger partial charge in [-0.1, -0.05) is 6.42 Å². The highest BCUT2D eigenvalue weighted by atomic mass is 16.4. The van der Waals surface area contributed by atoms with E-state index in [1.54, 1.807) is 0 Å². The first kappa shape index (κ1) is 14.2. The van der Waals surface area contributed by atoms with E-state index < -0.39 is 17.8 Å². The van der Waals surface area contributed by atoms with E-state index in [4.69, 9.17) is 10.2 Å². The number of aliphatic carboxylic acids is 2. The van der Waals surface area contributed by atoms with Crippen molar-refractivity contribution in [3.8, 4) is 0 Å². The van der Waals surface area contributed by atoms with Gasteiger partial charge in [-0.25, -0.2) is 4.79 Å². The Bertz CT molecular complexity index is 285. The molecule has 0 saturated carbocycles. The van der Waals surface area contributed by atoms with Crippen molar-refractivity contribution < 1.29 is 24.6 Å². The maximum Gasteiger partial charge on any atom is 0.328 e. The molecular formula is C10H15NO5. The average Bonchev–Trinajstić information content (AvgIpc) is 2.19. The Labute approximate surface area is 93.0 Å². The van der Waals surface area contributed by atoms with E-state index in [2.05, 4.69) is 5.32 Å². The van der Waals surface area contributed by atoms with Gasteiger partial charge in [0.2, 0.25) is 5.91 Å². The Kier molecular flexibility index (Phi) is 7.48. The zero-order valence-corrected chi connectivity index (χ0v) is 8.81. The number of carboxylic acid groups (broad SMARTS) is 2. The molecule has 0 saturated heterocycles. The highest BCUT2D eigenvalue weighted by Crippen LogP contribution is 1.98. The first-order valence-corrected chi connectivity index (χ1v) is 4.93. The molecule has 0 radical (unpaired) electrons. The lowest BCUT2D eigenvalue weighted by molar-refractivity contribution is -0.137. The van der Waals surface area contributed by atoms with E-state index in [1.807, 2.05) is 0 Å². The Balaban J connectivity index is 3.41. The van der Waals surface area contributed by atoms with Crippen LogP contribution in [0.25, 0.3) is 0 Å². The summed E-state index contributed by atoms with van der Waals surface area (Å²) in [6.07, 6.45) is 3.82. The lowest BCUT2D eigenvalue weighted by Gasteiger charge is -2.00. The third-order valence-electron chi connectivity index (χ3n) is 1.74. The minimum absolute atomic E-state index is 0.132. The van der Waals surface area contributed by atoms with Gasteiger partial charge < -0.3 is 15.5 Å². The summed E-state index contributed by atoms with van der Waals surface area (Å²) < 4.78 is 0. The summed E-state index contributed by atoms with van der Waals surface area (Å²) in [4.78, 5) is 31.1. The summed E-state index contributed by atoms with van der Waals surface area (Å²) in [6, 6.07) is 0. The number of hydrogen-bond acceptors (Lipinski definition) is 3. The minimum atomic E-state index is -1.17. The lowest BCUT2D eigenvalue weighted by Crippen LogP contribution is -2.22. The number of unbranched alkanes of at least 4 members (excludes halogenated alkanes) is 2. The number of nitrogens with one attached hydrogen (secondary N) is 1. The largest absolute Gasteiger partial charge is 0.481 e. The van der Waals surface area contributed by atoms with Gasteiger partial charge in [-0.3, -0.25) is 9.59 Å². The standard InChI is InChI=1S/C10H15NO5/c12-8(5-6-10(15)16)11-7-3-1-2-4-9(13)14/h5-6H,1-4,7H2,(H,11,12)(H,13,14)(H,15,16). The molecule has 6 heteroatoms. The minimum Gasteiger partial charge on any atom is -0.481 e. The Morgan fingerprint density at radius 1 is 1.00 bits per heavy atom. The van der Waals surface area contributed by atoms with E-state index in [1.165, 1.54) is 0 Å². The van der Waals surface area contributed by atoms with Crippen molar-refractivity contribution in [1.82, 2.24) is 5.32 Å². The predicted octanol–water partition coefficient (Wildman–Crippen LogP) is 0.388. The number of carboxylic acids is 2. The van der Waals surface area contributed by atoms with Crippen LogP contribution in [0.1, 0.15) is 25.7 Å². The highest BCUT2D eigenvalue weighted by Gasteiger charge is 1.98. The zero-order valence-electron chi connectivity index (χ0n) is 8.81. The highest BCUT2D eigenvalue weighted by molar-refractivity contribution is 5.93. The van der Waals surface area contributed by atoms with Crippen molar-refractivity contribution in [3.05, 3.63) is 12.2 Å². The summed E-state index contributed by atoms with van der Waals surface area (Å²) in [5, 5.41) is 19.1. The molecule has 0 spiro atoms. The van der Waals surface area contributed by atoms with Gasteiger partial charge in [0.25, 0.3) is 0 Å². The molecule has 0 rings (SSSR count). The van der Waals surface area contributed by atoms with E-state index in [-0.39, 0.29) is 6.42 Å². The first-order chi connectivity index (χ1) is 7.52. The summed E-state index contributed by atoms with van der Waals surface area (Å²) in [5.41, 5.74) is 0. The Morgan fingerprint density at radius 2 is 1.69 bits per heavy atom. The van der Waals surface area contributed by atoms with Crippen molar-refractivity contribution in [2.24, 2.45) is 0 Å². The Hall–Kier alpha value is -1.85. The summed E-state index contributed by atoms with van der Waals surface area (Å²) in [7, 11) is 0. The van der Waals surface area contributed by atoms with E-state index in [0.29, 0.717) is 19.4 Å². The molecule has 3 N–H and O–H groups in total. The second-order valence-corrected chi connectivity index (χ2v) is 3.17. The molecule has 0 aliphatic rings. The fourth-order valence-electron chi connectivity index (χ4n) is 0.995. The van der Waals surface area contributed by atoms with Gasteiger partial charge >= 0.3 is 11.9 Å². The van der Waals surface area contributed by atoms with Crippen LogP contribution in [-0.4, -0.2) is 34.6 Å². The van der Waals surface area contributed by atoms with Crippen molar-refractivity contribution in [3.63, 3.8) is 0 Å². The van der Waals surface area contributed by atoms with Gasteiger partial charge in [-0.2, -0.15) is 0 Å². The molecule has 0 aromatic heterocycles. The smallest absolute Gasteiger partial charge is 0.328 e. The van der Waals surface area contributed by atoms with Crippen LogP contribution in [0.2, 0.25) is 0 Å². The molecule has 6 nitrogen and oxygen atoms in total. The molecule has 0 atom stereocenters. The van der Waals surface area contributed by atoms with E-state index in [0.717, 1.165) is 18.6 Å². The topological polar surface area (TPSA) is 104 Å². The Morgan fingerprint density at radius 3 is 2.25 bits per heavy atom. The molecule has 0 aliphatic heterocycles. The number of amides is 1. The van der Waals surface area contributed by atoms with Crippen molar-refractivity contribution >= 4 is 17.8 Å². The lowest BCUT2D eigenvalue weighted by atomic mass is 10.2. The van der Waals surface area contributed by atoms with Crippen LogP contribution in [0.4, 0.5) is 0 Å². The van der Waals surface area contributed by atoms with Gasteiger partial charge in [0.15, 0.2) is 0 Å². The van der Waals surface area contributed by atoms with Crippen molar-refractivity contribution in [2.45, 2.75) is 25.7 Å². The average molecular weight is 229 g/mol. The monoisotopic (exact) mass is 229 g/mol. The molecule has 16 heavy (non-hydrogen) atoms. The van der Waals surface area contributed by atoms with Crippen LogP contribution in [0.15, 0.2) is 12.2 Å². The van der Waals surface area contributed by atoms with Crippen molar-refractivity contribution in [2.75, 3.05) is 6.54 Å². The third kappa shape index (κ3) is 10.2. The maximum atomic E-state index is 10.9. The van der Waals surface area contributed by atoms with Crippen LogP contribution in [0, 0.1) is 0 Å². The summed E-state index contributed by atoms with van der Waals surface area (Å²) in [6.45, 7) is 0.419. The molecule has 1 amide bonds. The zero-order chi connectivity index (χ0) is 12.4. The van der Waals surface area contributed by atoms with Gasteiger partial charge in [0.1, 0.15) is 0 Å². The normalized spacial score (nSPS) is 10.2. The van der Waals surface area contributed by atoms with Crippen LogP contribution in [-0.2, 0) is 14.4 Å². The molecule has 0 unspecified atom stereocenters. The van der Waals surface area contributed by atoms with Crippen LogP contribution < -0.4 is 5.32 Å². The number of hydrogen-bond donors (Lipinski definition) is 3. The molecule has 0 aromatic carbocycles. The number of rotatable bonds is 8. The summed E-state index contributed by atoms with van der Waals surface area (Å²) >= 11 is 0. The molecule has 0 aromatic rings. The van der Waals surface area contributed by atoms with Crippen LogP contribution in [0.5, 0.6) is 0 Å². The summed E-state index contributed by atoms with van der Waals surface area (Å²) in [5.74, 6) is -2.45. The van der Waals surface area contributed by atoms with Crippen molar-refractivity contribution in [1.29, 1.82) is 0 Å². The fraction of sp³-hybridized carbons (Fsp3) is 0.500. The second-order valence-electron chi connectivity index (χ2n) is 3.17. The molecule has 90 valence electrons. The number of carbonyl (C=O) groups excluding carboxylic acids is 1. The third-order valence-corrected chi connectivity index (χ3v) is 1.74. The molecule has 0 heterocycles. The van der Waals surface area contributed by atoms with Crippen LogP contribution in [0.3, 0.4) is 0 Å². The van der Waals surface area contributed by atoms with Gasteiger partial charge in [-0.15, -0.1) is 0 Å². The quantitative estimate of drug-likeness (QED) is 0.412. The van der Waals surface area contributed by atoms with E-state index >= 15 is 0 Å². The maximum absolute atomic E-state index is 10.9. The molecule has 0 aliphatic carbocycles. The van der Waals surface area contributed by atoms with E-state index in [9.17, 15) is 14.4 Å². The first-order valence-electron chi connectivity index (χ1n) is 4.93.